The third-order valence-corrected chi connectivity index (χ3v) is 6.34. The first kappa shape index (κ1) is 24.7. The van der Waals surface area contributed by atoms with E-state index in [0.29, 0.717) is 41.1 Å². The van der Waals surface area contributed by atoms with E-state index >= 15 is 0 Å². The van der Waals surface area contributed by atoms with Crippen LogP contribution in [0.25, 0.3) is 10.9 Å². The van der Waals surface area contributed by atoms with Crippen molar-refractivity contribution in [2.45, 2.75) is 71.2 Å². The molecule has 6 N–H and O–H groups in total. The summed E-state index contributed by atoms with van der Waals surface area (Å²) in [5.41, 5.74) is 13.5. The normalized spacial score (nSPS) is 22.7. The summed E-state index contributed by atoms with van der Waals surface area (Å²) in [7, 11) is 0. The maximum absolute atomic E-state index is 12.7. The van der Waals surface area contributed by atoms with Crippen molar-refractivity contribution in [3.63, 3.8) is 0 Å². The van der Waals surface area contributed by atoms with Gasteiger partial charge in [-0.15, -0.1) is 0 Å². The molecule has 2 aromatic heterocycles. The van der Waals surface area contributed by atoms with Crippen molar-refractivity contribution in [3.05, 3.63) is 35.7 Å². The molecule has 0 radical (unpaired) electrons. The number of nitrogens with one attached hydrogen (secondary N) is 1. The van der Waals surface area contributed by atoms with E-state index in [1.54, 1.807) is 25.1 Å². The highest BCUT2D eigenvalue weighted by molar-refractivity contribution is 5.95. The summed E-state index contributed by atoms with van der Waals surface area (Å²) < 4.78 is 5.52. The van der Waals surface area contributed by atoms with E-state index in [0.717, 1.165) is 31.1 Å². The monoisotopic (exact) mass is 481 g/mol. The van der Waals surface area contributed by atoms with Gasteiger partial charge in [0.25, 0.3) is 0 Å². The number of rotatable bonds is 7. The van der Waals surface area contributed by atoms with E-state index in [-0.39, 0.29) is 36.7 Å². The molecule has 2 aliphatic heterocycles. The number of amides is 1. The van der Waals surface area contributed by atoms with E-state index in [2.05, 4.69) is 15.3 Å². The number of ether oxygens (including phenoxy) is 1. The van der Waals surface area contributed by atoms with Gasteiger partial charge < -0.3 is 31.5 Å². The van der Waals surface area contributed by atoms with Gasteiger partial charge in [-0.2, -0.15) is 0 Å². The van der Waals surface area contributed by atoms with Crippen LogP contribution in [0.15, 0.2) is 35.0 Å². The zero-order chi connectivity index (χ0) is 25.1. The third kappa shape index (κ3) is 5.82. The van der Waals surface area contributed by atoms with Gasteiger partial charge in [0.05, 0.1) is 24.4 Å². The molecule has 35 heavy (non-hydrogen) atoms. The predicted octanol–water partition coefficient (Wildman–Crippen LogP) is 3.17. The minimum Gasteiger partial charge on any atom is -0.449 e. The summed E-state index contributed by atoms with van der Waals surface area (Å²) in [5, 5.41) is 14.0. The number of hydrogen-bond donors (Lipinski definition) is 4. The van der Waals surface area contributed by atoms with Crippen LogP contribution >= 0.6 is 0 Å². The maximum atomic E-state index is 12.7. The van der Waals surface area contributed by atoms with Gasteiger partial charge in [-0.25, -0.2) is 14.8 Å². The number of aliphatic hydroxyl groups excluding tert-OH is 1. The van der Waals surface area contributed by atoms with E-state index in [1.165, 1.54) is 0 Å². The number of aromatic nitrogens is 2. The number of carbonyl (C=O) groups excluding carboxylic acids is 1. The first-order valence-electron chi connectivity index (χ1n) is 12.1. The van der Waals surface area contributed by atoms with Crippen molar-refractivity contribution >= 4 is 34.5 Å². The van der Waals surface area contributed by atoms with Crippen LogP contribution in [-0.4, -0.2) is 56.6 Å². The lowest BCUT2D eigenvalue weighted by molar-refractivity contribution is 0.0603. The van der Waals surface area contributed by atoms with Crippen LogP contribution in [0.1, 0.15) is 52.1 Å². The van der Waals surface area contributed by atoms with Crippen LogP contribution in [0.3, 0.4) is 0 Å². The fourth-order valence-electron chi connectivity index (χ4n) is 4.91. The smallest absolute Gasteiger partial charge is 0.410 e. The number of hydrogen-bond acceptors (Lipinski definition) is 8. The third-order valence-electron chi connectivity index (χ3n) is 6.34. The number of aliphatic hydroxyl groups is 1. The first-order valence-corrected chi connectivity index (χ1v) is 12.1. The van der Waals surface area contributed by atoms with Gasteiger partial charge in [-0.05, 0) is 56.7 Å². The quantitative estimate of drug-likeness (QED) is 0.348. The van der Waals surface area contributed by atoms with Crippen LogP contribution in [0.4, 0.5) is 16.4 Å². The molecule has 4 heterocycles. The molecular weight excluding hydrogens is 446 g/mol. The summed E-state index contributed by atoms with van der Waals surface area (Å²) in [6.07, 6.45) is 4.93. The molecule has 2 saturated heterocycles. The Morgan fingerprint density at radius 3 is 2.63 bits per heavy atom. The summed E-state index contributed by atoms with van der Waals surface area (Å²) >= 11 is 0. The lowest BCUT2D eigenvalue weighted by atomic mass is 9.97. The van der Waals surface area contributed by atoms with Gasteiger partial charge >= 0.3 is 6.09 Å². The number of nitrogens with zero attached hydrogens (tertiary/aromatic N) is 4. The molecule has 1 amide bonds. The molecule has 2 aliphatic rings. The van der Waals surface area contributed by atoms with Gasteiger partial charge in [-0.3, -0.25) is 4.98 Å². The van der Waals surface area contributed by atoms with Crippen molar-refractivity contribution < 1.29 is 14.6 Å². The number of nitrogens with two attached hydrogens (primary N) is 2. The Morgan fingerprint density at radius 2 is 2.00 bits per heavy atom. The summed E-state index contributed by atoms with van der Waals surface area (Å²) in [6.45, 7) is 6.08. The summed E-state index contributed by atoms with van der Waals surface area (Å²) in [4.78, 5) is 28.3. The molecule has 2 fully saturated rings. The number of allylic oxidation sites excluding steroid dienone is 1. The average molecular weight is 482 g/mol. The second-order valence-corrected chi connectivity index (χ2v) is 9.86. The topological polar surface area (TPSA) is 152 Å². The van der Waals surface area contributed by atoms with Crippen molar-refractivity contribution in [1.82, 2.24) is 14.9 Å². The summed E-state index contributed by atoms with van der Waals surface area (Å²) in [5.74, 6) is 1.60. The minimum absolute atomic E-state index is 0.137. The highest BCUT2D eigenvalue weighted by Gasteiger charge is 2.44. The number of anilines is 1. The largest absolute Gasteiger partial charge is 0.449 e. The van der Waals surface area contributed by atoms with Crippen molar-refractivity contribution in [2.24, 2.45) is 22.4 Å². The minimum atomic E-state index is -0.205. The van der Waals surface area contributed by atoms with E-state index in [9.17, 15) is 9.90 Å². The Morgan fingerprint density at radius 1 is 1.29 bits per heavy atom. The predicted molar refractivity (Wildman–Crippen MR) is 136 cm³/mol. The van der Waals surface area contributed by atoms with E-state index in [4.69, 9.17) is 21.2 Å². The average Bonchev–Trinajstić information content (AvgIpc) is 3.06. The van der Waals surface area contributed by atoms with Crippen LogP contribution < -0.4 is 16.8 Å². The number of aliphatic imine (C=N–C) groups is 1. The second kappa shape index (κ2) is 10.5. The molecule has 188 valence electrons. The zero-order valence-electron chi connectivity index (χ0n) is 20.6. The molecular formula is C25H35N7O3. The zero-order valence-corrected chi connectivity index (χ0v) is 20.6. The van der Waals surface area contributed by atoms with Gasteiger partial charge in [0.2, 0.25) is 0 Å². The van der Waals surface area contributed by atoms with Crippen molar-refractivity contribution in [2.75, 3.05) is 11.9 Å². The van der Waals surface area contributed by atoms with Crippen molar-refractivity contribution in [1.29, 1.82) is 0 Å². The van der Waals surface area contributed by atoms with Gasteiger partial charge in [0, 0.05) is 35.3 Å². The standard InChI is InChI=1S/C25H35N7O3/c1-14(2)13-35-25(34)32-18-5-6-19(32)10-17(9-18)29-24-20-7-4-16(12-33)28-21(20)11-23(31-24)30-22(27)8-15(3)26/h4,7-8,11,14,17-19,33H,5-6,9-10,12-13,26H2,1-3H3,(H3,27,29,30,31)/b15-8-. The van der Waals surface area contributed by atoms with E-state index < -0.39 is 0 Å². The highest BCUT2D eigenvalue weighted by atomic mass is 16.6. The molecule has 0 aromatic carbocycles. The second-order valence-electron chi connectivity index (χ2n) is 9.86. The molecule has 0 aliphatic carbocycles. The molecule has 2 bridgehead atoms. The molecule has 0 spiro atoms. The number of amidine groups is 1. The maximum Gasteiger partial charge on any atom is 0.410 e. The first-order chi connectivity index (χ1) is 16.7. The summed E-state index contributed by atoms with van der Waals surface area (Å²) in [6, 6.07) is 5.85. The Kier molecular flexibility index (Phi) is 7.39. The Bertz CT molecular complexity index is 1130. The Balaban J connectivity index is 1.58. The van der Waals surface area contributed by atoms with Gasteiger partial charge in [0.1, 0.15) is 11.7 Å². The number of pyridine rings is 2. The van der Waals surface area contributed by atoms with Crippen LogP contribution in [-0.2, 0) is 11.3 Å². The molecule has 10 nitrogen and oxygen atoms in total. The lowest BCUT2D eigenvalue weighted by Gasteiger charge is -2.38. The highest BCUT2D eigenvalue weighted by Crippen LogP contribution is 2.38. The molecule has 2 atom stereocenters. The fourth-order valence-corrected chi connectivity index (χ4v) is 4.91. The number of fused-ring (bicyclic) bond motifs is 3. The van der Waals surface area contributed by atoms with Gasteiger partial charge in [0.15, 0.2) is 5.82 Å². The lowest BCUT2D eigenvalue weighted by Crippen LogP contribution is -2.50. The molecule has 4 rings (SSSR count). The number of carbonyl (C=O) groups is 1. The van der Waals surface area contributed by atoms with Crippen LogP contribution in [0.2, 0.25) is 0 Å². The van der Waals surface area contributed by atoms with Crippen LogP contribution in [0, 0.1) is 5.92 Å². The Labute approximate surface area is 205 Å². The van der Waals surface area contributed by atoms with Crippen molar-refractivity contribution in [3.8, 4) is 0 Å². The van der Waals surface area contributed by atoms with Crippen LogP contribution in [0.5, 0.6) is 0 Å². The molecule has 2 aromatic rings. The molecule has 10 heteroatoms. The van der Waals surface area contributed by atoms with Gasteiger partial charge in [-0.1, -0.05) is 13.8 Å². The molecule has 2 unspecified atom stereocenters. The van der Waals surface area contributed by atoms with E-state index in [1.807, 2.05) is 24.8 Å². The Hall–Kier alpha value is -3.40. The molecule has 0 saturated carbocycles. The SMILES string of the molecule is C/C(N)=C/C(N)=Nc1cc2nc(CO)ccc2c(NC2CC3CCC(C2)N3C(=O)OCC(C)C)n1. The number of piperidine rings is 1. The fraction of sp³-hybridized carbons (Fsp3) is 0.520.